The van der Waals surface area contributed by atoms with Crippen LogP contribution in [0.2, 0.25) is 0 Å². The Bertz CT molecular complexity index is 357. The zero-order valence-corrected chi connectivity index (χ0v) is 13.0. The Labute approximate surface area is 123 Å². The van der Waals surface area contributed by atoms with Crippen LogP contribution < -0.4 is 0 Å². The Balaban J connectivity index is 1.53. The molecule has 5 saturated carbocycles. The Hall–Kier alpha value is -0.330. The molecule has 0 aliphatic heterocycles. The van der Waals surface area contributed by atoms with Gasteiger partial charge in [-0.2, -0.15) is 0 Å². The third-order valence-electron chi connectivity index (χ3n) is 7.35. The highest BCUT2D eigenvalue weighted by atomic mass is 16.1. The van der Waals surface area contributed by atoms with Crippen molar-refractivity contribution in [3.63, 3.8) is 0 Å². The number of rotatable bonds is 3. The second-order valence-electron chi connectivity index (χ2n) is 8.42. The van der Waals surface area contributed by atoms with E-state index >= 15 is 0 Å². The van der Waals surface area contributed by atoms with Crippen molar-refractivity contribution < 1.29 is 4.79 Å². The van der Waals surface area contributed by atoms with Crippen LogP contribution in [-0.2, 0) is 4.79 Å². The molecule has 1 heteroatoms. The molecule has 0 saturated heterocycles. The van der Waals surface area contributed by atoms with Crippen molar-refractivity contribution in [1.29, 1.82) is 0 Å². The van der Waals surface area contributed by atoms with E-state index in [9.17, 15) is 4.79 Å². The van der Waals surface area contributed by atoms with E-state index in [4.69, 9.17) is 0 Å². The van der Waals surface area contributed by atoms with E-state index in [1.807, 2.05) is 0 Å². The molecule has 5 aliphatic rings. The first-order valence-electron chi connectivity index (χ1n) is 9.30. The summed E-state index contributed by atoms with van der Waals surface area (Å²) in [5, 5.41) is 0. The lowest BCUT2D eigenvalue weighted by molar-refractivity contribution is -0.143. The van der Waals surface area contributed by atoms with Crippen LogP contribution in [0.3, 0.4) is 0 Å². The van der Waals surface area contributed by atoms with Gasteiger partial charge in [0.15, 0.2) is 0 Å². The minimum atomic E-state index is 0.441. The highest BCUT2D eigenvalue weighted by molar-refractivity contribution is 5.84. The SMILES string of the molecule is CCC1CCCCC1C(=O)C1C2CC3CC(C2)CC1C3. The molecule has 1 nitrogen and oxygen atoms in total. The van der Waals surface area contributed by atoms with Crippen LogP contribution in [0.4, 0.5) is 0 Å². The molecular formula is C19H30O. The molecule has 20 heavy (non-hydrogen) atoms. The maximum Gasteiger partial charge on any atom is 0.139 e. The number of carbonyl (C=O) groups excluding carboxylic acids is 1. The lowest BCUT2D eigenvalue weighted by Gasteiger charge is -2.54. The normalized spacial score (nSPS) is 50.4. The maximum absolute atomic E-state index is 13.3. The van der Waals surface area contributed by atoms with E-state index in [1.54, 1.807) is 0 Å². The quantitative estimate of drug-likeness (QED) is 0.719. The molecular weight excluding hydrogens is 244 g/mol. The van der Waals surface area contributed by atoms with E-state index in [0.717, 1.165) is 29.5 Å². The van der Waals surface area contributed by atoms with Crippen molar-refractivity contribution in [1.82, 2.24) is 0 Å². The van der Waals surface area contributed by atoms with Crippen molar-refractivity contribution >= 4 is 5.78 Å². The maximum atomic E-state index is 13.3. The van der Waals surface area contributed by atoms with Crippen LogP contribution >= 0.6 is 0 Å². The summed E-state index contributed by atoms with van der Waals surface area (Å²) in [6, 6.07) is 0. The fraction of sp³-hybridized carbons (Fsp3) is 0.947. The van der Waals surface area contributed by atoms with E-state index in [0.29, 0.717) is 17.8 Å². The molecule has 2 atom stereocenters. The van der Waals surface area contributed by atoms with Crippen LogP contribution in [0, 0.1) is 41.4 Å². The second kappa shape index (κ2) is 5.14. The number of Topliss-reactive ketones (excluding diaryl/α,β-unsaturated/α-hetero) is 1. The minimum absolute atomic E-state index is 0.441. The molecule has 0 amide bonds. The number of carbonyl (C=O) groups is 1. The average Bonchev–Trinajstić information content (AvgIpc) is 2.46. The van der Waals surface area contributed by atoms with Gasteiger partial charge in [0.1, 0.15) is 5.78 Å². The summed E-state index contributed by atoms with van der Waals surface area (Å²) >= 11 is 0. The third kappa shape index (κ3) is 2.07. The van der Waals surface area contributed by atoms with Crippen molar-refractivity contribution in [3.05, 3.63) is 0 Å². The summed E-state index contributed by atoms with van der Waals surface area (Å²) in [4.78, 5) is 13.3. The summed E-state index contributed by atoms with van der Waals surface area (Å²) in [5.41, 5.74) is 0. The van der Waals surface area contributed by atoms with Gasteiger partial charge in [0.05, 0.1) is 0 Å². The molecule has 0 spiro atoms. The fourth-order valence-corrected chi connectivity index (χ4v) is 6.71. The monoisotopic (exact) mass is 274 g/mol. The molecule has 5 aliphatic carbocycles. The van der Waals surface area contributed by atoms with Crippen LogP contribution in [0.5, 0.6) is 0 Å². The highest BCUT2D eigenvalue weighted by Gasteiger charge is 2.52. The number of ketones is 1. The molecule has 5 rings (SSSR count). The zero-order valence-electron chi connectivity index (χ0n) is 13.0. The molecule has 0 aromatic carbocycles. The first-order valence-corrected chi connectivity index (χ1v) is 9.30. The summed E-state index contributed by atoms with van der Waals surface area (Å²) in [6.45, 7) is 2.30. The average molecular weight is 274 g/mol. The molecule has 0 aromatic heterocycles. The van der Waals surface area contributed by atoms with Crippen molar-refractivity contribution in [2.75, 3.05) is 0 Å². The van der Waals surface area contributed by atoms with Crippen molar-refractivity contribution in [3.8, 4) is 0 Å². The summed E-state index contributed by atoms with van der Waals surface area (Å²) in [6.07, 6.45) is 13.5. The van der Waals surface area contributed by atoms with Gasteiger partial charge in [0.25, 0.3) is 0 Å². The molecule has 0 aromatic rings. The van der Waals surface area contributed by atoms with Gasteiger partial charge in [-0.25, -0.2) is 0 Å². The Morgan fingerprint density at radius 3 is 2.10 bits per heavy atom. The molecule has 5 fully saturated rings. The molecule has 2 unspecified atom stereocenters. The van der Waals surface area contributed by atoms with Gasteiger partial charge in [-0.15, -0.1) is 0 Å². The van der Waals surface area contributed by atoms with Gasteiger partial charge in [-0.3, -0.25) is 4.79 Å². The smallest absolute Gasteiger partial charge is 0.139 e. The Kier molecular flexibility index (Phi) is 3.43. The van der Waals surface area contributed by atoms with E-state index in [1.165, 1.54) is 64.2 Å². The topological polar surface area (TPSA) is 17.1 Å². The Morgan fingerprint density at radius 1 is 0.900 bits per heavy atom. The largest absolute Gasteiger partial charge is 0.299 e. The second-order valence-corrected chi connectivity index (χ2v) is 8.42. The minimum Gasteiger partial charge on any atom is -0.299 e. The lowest BCUT2D eigenvalue weighted by Crippen LogP contribution is -2.50. The molecule has 0 radical (unpaired) electrons. The summed E-state index contributed by atoms with van der Waals surface area (Å²) < 4.78 is 0. The van der Waals surface area contributed by atoms with E-state index < -0.39 is 0 Å². The Morgan fingerprint density at radius 2 is 1.50 bits per heavy atom. The first-order chi connectivity index (χ1) is 9.76. The van der Waals surface area contributed by atoms with Crippen molar-refractivity contribution in [2.45, 2.75) is 71.1 Å². The van der Waals surface area contributed by atoms with Gasteiger partial charge in [-0.05, 0) is 74.5 Å². The molecule has 112 valence electrons. The van der Waals surface area contributed by atoms with Gasteiger partial charge in [0, 0.05) is 11.8 Å². The van der Waals surface area contributed by atoms with Crippen molar-refractivity contribution in [2.24, 2.45) is 41.4 Å². The molecule has 0 heterocycles. The van der Waals surface area contributed by atoms with E-state index in [-0.39, 0.29) is 0 Å². The van der Waals surface area contributed by atoms with Gasteiger partial charge >= 0.3 is 0 Å². The van der Waals surface area contributed by atoms with Gasteiger partial charge in [0.2, 0.25) is 0 Å². The summed E-state index contributed by atoms with van der Waals surface area (Å²) in [7, 11) is 0. The van der Waals surface area contributed by atoms with Gasteiger partial charge < -0.3 is 0 Å². The van der Waals surface area contributed by atoms with Crippen LogP contribution in [-0.4, -0.2) is 5.78 Å². The van der Waals surface area contributed by atoms with E-state index in [2.05, 4.69) is 6.92 Å². The van der Waals surface area contributed by atoms with Crippen LogP contribution in [0.25, 0.3) is 0 Å². The van der Waals surface area contributed by atoms with Crippen LogP contribution in [0.1, 0.15) is 71.1 Å². The summed E-state index contributed by atoms with van der Waals surface area (Å²) in [5.74, 6) is 5.94. The molecule has 4 bridgehead atoms. The molecule has 0 N–H and O–H groups in total. The number of hydrogen-bond acceptors (Lipinski definition) is 1. The first kappa shape index (κ1) is 13.3. The fourth-order valence-electron chi connectivity index (χ4n) is 6.71. The van der Waals surface area contributed by atoms with Gasteiger partial charge in [-0.1, -0.05) is 26.2 Å². The lowest BCUT2D eigenvalue weighted by atomic mass is 9.50. The third-order valence-corrected chi connectivity index (χ3v) is 7.35. The predicted molar refractivity (Wildman–Crippen MR) is 81.3 cm³/mol. The zero-order chi connectivity index (χ0) is 13.7. The highest BCUT2D eigenvalue weighted by Crippen LogP contribution is 2.57. The predicted octanol–water partition coefficient (Wildman–Crippen LogP) is 4.84. The number of hydrogen-bond donors (Lipinski definition) is 0. The van der Waals surface area contributed by atoms with Crippen LogP contribution in [0.15, 0.2) is 0 Å². The standard InChI is InChI=1S/C19H30O/c1-2-14-5-3-4-6-17(14)19(20)18-15-8-12-7-13(10-15)11-16(18)9-12/h12-18H,2-11H2,1H3.